The Morgan fingerprint density at radius 3 is 2.62 bits per heavy atom. The number of aromatic carboxylic acids is 1. The predicted molar refractivity (Wildman–Crippen MR) is 91.5 cm³/mol. The topological polar surface area (TPSA) is 113 Å². The molecule has 7 nitrogen and oxygen atoms in total. The molecule has 2 rings (SSSR count). The molecular weight excluding hydrogens is 365 g/mol. The largest absolute Gasteiger partial charge is 0.504 e. The summed E-state index contributed by atoms with van der Waals surface area (Å²) in [7, 11) is -4.21. The zero-order valence-corrected chi connectivity index (χ0v) is 14.7. The van der Waals surface area contributed by atoms with Gasteiger partial charge in [0.15, 0.2) is 11.5 Å². The van der Waals surface area contributed by atoms with E-state index in [2.05, 4.69) is 4.72 Å². The molecule has 140 valence electrons. The van der Waals surface area contributed by atoms with Crippen molar-refractivity contribution >= 4 is 16.0 Å². The molecule has 0 aliphatic carbocycles. The van der Waals surface area contributed by atoms with Crippen LogP contribution in [0.4, 0.5) is 4.39 Å². The van der Waals surface area contributed by atoms with E-state index in [1.54, 1.807) is 19.1 Å². The van der Waals surface area contributed by atoms with E-state index in [-0.39, 0.29) is 30.0 Å². The van der Waals surface area contributed by atoms with E-state index < -0.39 is 26.7 Å². The molecule has 0 amide bonds. The summed E-state index contributed by atoms with van der Waals surface area (Å²) < 4.78 is 45.8. The van der Waals surface area contributed by atoms with Crippen molar-refractivity contribution in [3.05, 3.63) is 53.3 Å². The van der Waals surface area contributed by atoms with Crippen molar-refractivity contribution in [2.24, 2.45) is 0 Å². The molecule has 0 radical (unpaired) electrons. The Morgan fingerprint density at radius 1 is 1.23 bits per heavy atom. The molecule has 0 spiro atoms. The van der Waals surface area contributed by atoms with Crippen LogP contribution in [-0.2, 0) is 16.4 Å². The number of halogens is 1. The second-order valence-corrected chi connectivity index (χ2v) is 7.07. The third-order valence-corrected chi connectivity index (χ3v) is 4.97. The van der Waals surface area contributed by atoms with Crippen LogP contribution in [0.1, 0.15) is 22.8 Å². The molecule has 0 aliphatic heterocycles. The third-order valence-electron chi connectivity index (χ3n) is 3.50. The van der Waals surface area contributed by atoms with E-state index in [9.17, 15) is 22.7 Å². The number of nitrogens with one attached hydrogen (secondary N) is 1. The van der Waals surface area contributed by atoms with Crippen molar-refractivity contribution in [1.29, 1.82) is 0 Å². The van der Waals surface area contributed by atoms with Crippen LogP contribution in [0.5, 0.6) is 11.5 Å². The Labute approximate surface area is 150 Å². The summed E-state index contributed by atoms with van der Waals surface area (Å²) in [5.41, 5.74) is 0.375. The second kappa shape index (κ2) is 8.15. The van der Waals surface area contributed by atoms with Crippen molar-refractivity contribution in [2.45, 2.75) is 18.2 Å². The summed E-state index contributed by atoms with van der Waals surface area (Å²) in [5, 5.41) is 18.6. The maximum atomic E-state index is 13.8. The van der Waals surface area contributed by atoms with Crippen LogP contribution in [-0.4, -0.2) is 37.8 Å². The smallest absolute Gasteiger partial charge is 0.335 e. The number of aromatic hydroxyl groups is 1. The summed E-state index contributed by atoms with van der Waals surface area (Å²) in [6, 6.07) is 7.18. The van der Waals surface area contributed by atoms with Gasteiger partial charge < -0.3 is 14.9 Å². The highest BCUT2D eigenvalue weighted by Crippen LogP contribution is 2.27. The van der Waals surface area contributed by atoms with Crippen LogP contribution >= 0.6 is 0 Å². The molecule has 26 heavy (non-hydrogen) atoms. The van der Waals surface area contributed by atoms with Gasteiger partial charge in [0.25, 0.3) is 0 Å². The van der Waals surface area contributed by atoms with Gasteiger partial charge in [-0.05, 0) is 49.2 Å². The molecule has 0 bridgehead atoms. The fraction of sp³-hybridized carbons (Fsp3) is 0.235. The lowest BCUT2D eigenvalue weighted by molar-refractivity contribution is 0.0696. The Kier molecular flexibility index (Phi) is 6.17. The summed E-state index contributed by atoms with van der Waals surface area (Å²) in [6.45, 7) is 2.08. The fourth-order valence-electron chi connectivity index (χ4n) is 2.23. The van der Waals surface area contributed by atoms with Crippen molar-refractivity contribution in [3.63, 3.8) is 0 Å². The van der Waals surface area contributed by atoms with Gasteiger partial charge in [-0.15, -0.1) is 0 Å². The molecule has 9 heteroatoms. The fourth-order valence-corrected chi connectivity index (χ4v) is 3.37. The zero-order valence-electron chi connectivity index (χ0n) is 13.9. The van der Waals surface area contributed by atoms with Crippen molar-refractivity contribution < 1.29 is 32.6 Å². The molecule has 2 aromatic rings. The van der Waals surface area contributed by atoms with Crippen LogP contribution < -0.4 is 9.46 Å². The van der Waals surface area contributed by atoms with Gasteiger partial charge >= 0.3 is 5.97 Å². The Bertz CT molecular complexity index is 913. The number of carboxylic acid groups (broad SMARTS) is 1. The zero-order chi connectivity index (χ0) is 19.3. The molecule has 0 aromatic heterocycles. The Balaban J connectivity index is 2.11. The van der Waals surface area contributed by atoms with Gasteiger partial charge in [-0.3, -0.25) is 0 Å². The number of carbonyl (C=O) groups is 1. The first-order chi connectivity index (χ1) is 12.2. The standard InChI is InChI=1S/C17H18FNO6S/c1-2-25-15-9-11(3-6-14(15)20)7-8-19-26(23,24)16-10-12(17(21)22)4-5-13(16)18/h3-6,9-10,19-20H,2,7-8H2,1H3,(H,21,22). The van der Waals surface area contributed by atoms with Crippen molar-refractivity contribution in [2.75, 3.05) is 13.2 Å². The number of sulfonamides is 1. The number of rotatable bonds is 8. The molecule has 0 atom stereocenters. The third kappa shape index (κ3) is 4.70. The monoisotopic (exact) mass is 383 g/mol. The van der Waals surface area contributed by atoms with E-state index in [4.69, 9.17) is 9.84 Å². The number of carboxylic acids is 1. The maximum absolute atomic E-state index is 13.8. The Hall–Kier alpha value is -2.65. The van der Waals surface area contributed by atoms with Gasteiger partial charge in [-0.2, -0.15) is 0 Å². The molecular formula is C17H18FNO6S. The molecule has 0 unspecified atom stereocenters. The first kappa shape index (κ1) is 19.7. The summed E-state index contributed by atoms with van der Waals surface area (Å²) in [4.78, 5) is 10.2. The highest BCUT2D eigenvalue weighted by molar-refractivity contribution is 7.89. The summed E-state index contributed by atoms with van der Waals surface area (Å²) >= 11 is 0. The summed E-state index contributed by atoms with van der Waals surface area (Å²) in [6.07, 6.45) is 0.264. The van der Waals surface area contributed by atoms with E-state index in [0.717, 1.165) is 18.2 Å². The van der Waals surface area contributed by atoms with Crippen LogP contribution in [0.25, 0.3) is 0 Å². The summed E-state index contributed by atoms with van der Waals surface area (Å²) in [5.74, 6) is -2.13. The van der Waals surface area contributed by atoms with Gasteiger partial charge in [0.2, 0.25) is 10.0 Å². The average molecular weight is 383 g/mol. The van der Waals surface area contributed by atoms with Gasteiger partial charge in [-0.1, -0.05) is 6.07 Å². The van der Waals surface area contributed by atoms with Crippen molar-refractivity contribution in [1.82, 2.24) is 4.72 Å². The number of ether oxygens (including phenoxy) is 1. The van der Waals surface area contributed by atoms with Gasteiger partial charge in [0.05, 0.1) is 12.2 Å². The van der Waals surface area contributed by atoms with E-state index >= 15 is 0 Å². The van der Waals surface area contributed by atoms with Gasteiger partial charge in [-0.25, -0.2) is 22.3 Å². The first-order valence-corrected chi connectivity index (χ1v) is 9.20. The van der Waals surface area contributed by atoms with Gasteiger partial charge in [0.1, 0.15) is 10.7 Å². The highest BCUT2D eigenvalue weighted by atomic mass is 32.2. The normalized spacial score (nSPS) is 11.3. The molecule has 0 saturated carbocycles. The SMILES string of the molecule is CCOc1cc(CCNS(=O)(=O)c2cc(C(=O)O)ccc2F)ccc1O. The first-order valence-electron chi connectivity index (χ1n) is 7.71. The van der Waals surface area contributed by atoms with Crippen LogP contribution in [0.15, 0.2) is 41.3 Å². The number of hydrogen-bond donors (Lipinski definition) is 3. The number of phenols is 1. The quantitative estimate of drug-likeness (QED) is 0.644. The number of benzene rings is 2. The van der Waals surface area contributed by atoms with Gasteiger partial charge in [0, 0.05) is 6.54 Å². The molecule has 0 aliphatic rings. The van der Waals surface area contributed by atoms with Crippen LogP contribution in [0, 0.1) is 5.82 Å². The van der Waals surface area contributed by atoms with E-state index in [1.165, 1.54) is 6.07 Å². The highest BCUT2D eigenvalue weighted by Gasteiger charge is 2.20. The lowest BCUT2D eigenvalue weighted by atomic mass is 10.1. The maximum Gasteiger partial charge on any atom is 0.335 e. The Morgan fingerprint density at radius 2 is 1.96 bits per heavy atom. The number of phenolic OH excluding ortho intramolecular Hbond substituents is 1. The molecule has 0 saturated heterocycles. The lowest BCUT2D eigenvalue weighted by Crippen LogP contribution is -2.27. The average Bonchev–Trinajstić information content (AvgIpc) is 2.57. The van der Waals surface area contributed by atoms with Crippen molar-refractivity contribution in [3.8, 4) is 11.5 Å². The minimum Gasteiger partial charge on any atom is -0.504 e. The van der Waals surface area contributed by atoms with Crippen LogP contribution in [0.3, 0.4) is 0 Å². The van der Waals surface area contributed by atoms with E-state index in [0.29, 0.717) is 12.2 Å². The second-order valence-electron chi connectivity index (χ2n) is 5.33. The minimum absolute atomic E-state index is 0.0243. The molecule has 0 fully saturated rings. The molecule has 2 aromatic carbocycles. The van der Waals surface area contributed by atoms with Crippen LogP contribution in [0.2, 0.25) is 0 Å². The van der Waals surface area contributed by atoms with E-state index in [1.807, 2.05) is 0 Å². The predicted octanol–water partition coefficient (Wildman–Crippen LogP) is 2.15. The lowest BCUT2D eigenvalue weighted by Gasteiger charge is -2.10. The number of hydrogen-bond acceptors (Lipinski definition) is 5. The molecule has 0 heterocycles. The minimum atomic E-state index is -4.21. The molecule has 3 N–H and O–H groups in total.